The molecule has 0 amide bonds. The molecule has 0 radical (unpaired) electrons. The fourth-order valence-corrected chi connectivity index (χ4v) is 1.27. The Morgan fingerprint density at radius 1 is 1.29 bits per heavy atom. The lowest BCUT2D eigenvalue weighted by Crippen LogP contribution is -2.30. The second-order valence-electron chi connectivity index (χ2n) is 3.24. The van der Waals surface area contributed by atoms with E-state index in [1.807, 2.05) is 6.08 Å². The van der Waals surface area contributed by atoms with Crippen LogP contribution in [0.5, 0.6) is 0 Å². The van der Waals surface area contributed by atoms with Crippen LogP contribution in [-0.2, 0) is 0 Å². The molecule has 0 aromatic heterocycles. The van der Waals surface area contributed by atoms with E-state index in [0.29, 0.717) is 0 Å². The van der Waals surface area contributed by atoms with Crippen LogP contribution in [0.25, 0.3) is 0 Å². The molecular weight excluding hydrogens is 172 g/mol. The summed E-state index contributed by atoms with van der Waals surface area (Å²) in [5.74, 6) is 1.09. The van der Waals surface area contributed by atoms with Crippen LogP contribution in [0.4, 0.5) is 0 Å². The zero-order valence-electron chi connectivity index (χ0n) is 9.66. The predicted molar refractivity (Wildman–Crippen MR) is 64.6 cm³/mol. The molecule has 0 saturated heterocycles. The van der Waals surface area contributed by atoms with Crippen molar-refractivity contribution in [2.75, 3.05) is 13.1 Å². The number of nitrogens with zero attached hydrogens (tertiary/aromatic N) is 2. The minimum absolute atomic E-state index is 1.09. The monoisotopic (exact) mass is 194 g/mol. The minimum atomic E-state index is 1.09. The Morgan fingerprint density at radius 2 is 1.86 bits per heavy atom. The lowest BCUT2D eigenvalue weighted by Gasteiger charge is -2.22. The summed E-state index contributed by atoms with van der Waals surface area (Å²) in [7, 11) is 0. The number of amidine groups is 1. The topological polar surface area (TPSA) is 15.6 Å². The molecule has 0 N–H and O–H groups in total. The van der Waals surface area contributed by atoms with E-state index < -0.39 is 0 Å². The molecule has 0 aliphatic rings. The molecule has 0 heterocycles. The molecule has 0 aliphatic heterocycles. The number of hydrogen-bond donors (Lipinski definition) is 0. The molecule has 2 heteroatoms. The quantitative estimate of drug-likeness (QED) is 0.360. The van der Waals surface area contributed by atoms with Gasteiger partial charge in [0.05, 0.1) is 0 Å². The Labute approximate surface area is 88.0 Å². The van der Waals surface area contributed by atoms with Crippen LogP contribution >= 0.6 is 0 Å². The van der Waals surface area contributed by atoms with Crippen molar-refractivity contribution in [3.05, 3.63) is 24.9 Å². The van der Waals surface area contributed by atoms with Crippen molar-refractivity contribution in [1.82, 2.24) is 4.90 Å². The lowest BCUT2D eigenvalue weighted by atomic mass is 10.3. The molecule has 14 heavy (non-hydrogen) atoms. The van der Waals surface area contributed by atoms with Gasteiger partial charge in [-0.25, -0.2) is 4.99 Å². The molecule has 0 bridgehead atoms. The highest BCUT2D eigenvalue weighted by Crippen LogP contribution is 1.97. The van der Waals surface area contributed by atoms with E-state index in [2.05, 4.69) is 37.2 Å². The zero-order chi connectivity index (χ0) is 10.8. The normalized spacial score (nSPS) is 12.1. The SMILES string of the molecule is C=C/C=C\N=C(C)N(CCC)CCC. The Kier molecular flexibility index (Phi) is 7.90. The molecule has 2 nitrogen and oxygen atoms in total. The number of aliphatic imine (C=N–C) groups is 1. The summed E-state index contributed by atoms with van der Waals surface area (Å²) in [6.07, 6.45) is 7.71. The molecule has 0 saturated carbocycles. The summed E-state index contributed by atoms with van der Waals surface area (Å²) in [4.78, 5) is 6.66. The number of allylic oxidation sites excluding steroid dienone is 2. The van der Waals surface area contributed by atoms with Crippen molar-refractivity contribution >= 4 is 5.84 Å². The van der Waals surface area contributed by atoms with Gasteiger partial charge < -0.3 is 4.90 Å². The number of hydrogen-bond acceptors (Lipinski definition) is 1. The fourth-order valence-electron chi connectivity index (χ4n) is 1.27. The average molecular weight is 194 g/mol. The third kappa shape index (κ3) is 5.57. The van der Waals surface area contributed by atoms with Crippen molar-refractivity contribution in [3.63, 3.8) is 0 Å². The zero-order valence-corrected chi connectivity index (χ0v) is 9.66. The highest BCUT2D eigenvalue weighted by atomic mass is 15.2. The Hall–Kier alpha value is -1.05. The maximum Gasteiger partial charge on any atom is 0.101 e. The maximum absolute atomic E-state index is 4.34. The third-order valence-electron chi connectivity index (χ3n) is 1.93. The molecule has 0 unspecified atom stereocenters. The van der Waals surface area contributed by atoms with Crippen molar-refractivity contribution in [3.8, 4) is 0 Å². The van der Waals surface area contributed by atoms with Crippen molar-refractivity contribution in [2.24, 2.45) is 4.99 Å². The summed E-state index contributed by atoms with van der Waals surface area (Å²) < 4.78 is 0. The van der Waals surface area contributed by atoms with Crippen LogP contribution in [0, 0.1) is 0 Å². The molecule has 0 spiro atoms. The van der Waals surface area contributed by atoms with Crippen LogP contribution in [0.3, 0.4) is 0 Å². The first-order chi connectivity index (χ1) is 6.76. The Balaban J connectivity index is 4.24. The van der Waals surface area contributed by atoms with E-state index in [-0.39, 0.29) is 0 Å². The van der Waals surface area contributed by atoms with E-state index in [0.717, 1.165) is 31.8 Å². The van der Waals surface area contributed by atoms with Crippen LogP contribution in [0.2, 0.25) is 0 Å². The molecule has 0 rings (SSSR count). The van der Waals surface area contributed by atoms with E-state index in [4.69, 9.17) is 0 Å². The van der Waals surface area contributed by atoms with Gasteiger partial charge in [-0.1, -0.05) is 26.5 Å². The smallest absolute Gasteiger partial charge is 0.101 e. The minimum Gasteiger partial charge on any atom is -0.360 e. The predicted octanol–water partition coefficient (Wildman–Crippen LogP) is 3.23. The number of rotatable bonds is 6. The van der Waals surface area contributed by atoms with Gasteiger partial charge in [-0.2, -0.15) is 0 Å². The molecule has 0 aromatic carbocycles. The van der Waals surface area contributed by atoms with Gasteiger partial charge in [0, 0.05) is 19.3 Å². The van der Waals surface area contributed by atoms with Crippen molar-refractivity contribution in [1.29, 1.82) is 0 Å². The molecular formula is C12H22N2. The van der Waals surface area contributed by atoms with Crippen molar-refractivity contribution < 1.29 is 0 Å². The second-order valence-corrected chi connectivity index (χ2v) is 3.24. The van der Waals surface area contributed by atoms with Gasteiger partial charge >= 0.3 is 0 Å². The van der Waals surface area contributed by atoms with E-state index in [1.54, 1.807) is 12.3 Å². The van der Waals surface area contributed by atoms with E-state index in [1.165, 1.54) is 0 Å². The molecule has 0 aliphatic carbocycles. The molecule has 0 atom stereocenters. The standard InChI is InChI=1S/C12H22N2/c1-5-8-9-13-12(4)14(10-6-2)11-7-3/h5,8-9H,1,6-7,10-11H2,2-4H3/b9-8-,13-12?. The van der Waals surface area contributed by atoms with Gasteiger partial charge in [-0.05, 0) is 25.8 Å². The second kappa shape index (κ2) is 8.54. The Morgan fingerprint density at radius 3 is 2.29 bits per heavy atom. The highest BCUT2D eigenvalue weighted by molar-refractivity contribution is 5.80. The third-order valence-corrected chi connectivity index (χ3v) is 1.93. The van der Waals surface area contributed by atoms with Gasteiger partial charge in [0.1, 0.15) is 5.84 Å². The largest absolute Gasteiger partial charge is 0.360 e. The van der Waals surface area contributed by atoms with E-state index in [9.17, 15) is 0 Å². The summed E-state index contributed by atoms with van der Waals surface area (Å²) in [5.41, 5.74) is 0. The van der Waals surface area contributed by atoms with Gasteiger partial charge in [0.2, 0.25) is 0 Å². The van der Waals surface area contributed by atoms with Crippen molar-refractivity contribution in [2.45, 2.75) is 33.6 Å². The lowest BCUT2D eigenvalue weighted by molar-refractivity contribution is 0.414. The van der Waals surface area contributed by atoms with Gasteiger partial charge in [-0.3, -0.25) is 0 Å². The fraction of sp³-hybridized carbons (Fsp3) is 0.583. The first-order valence-electron chi connectivity index (χ1n) is 5.33. The van der Waals surface area contributed by atoms with E-state index >= 15 is 0 Å². The maximum atomic E-state index is 4.34. The van der Waals surface area contributed by atoms with Crippen LogP contribution < -0.4 is 0 Å². The van der Waals surface area contributed by atoms with Gasteiger partial charge in [0.15, 0.2) is 0 Å². The van der Waals surface area contributed by atoms with Gasteiger partial charge in [0.25, 0.3) is 0 Å². The average Bonchev–Trinajstić information content (AvgIpc) is 2.18. The summed E-state index contributed by atoms with van der Waals surface area (Å²) >= 11 is 0. The highest BCUT2D eigenvalue weighted by Gasteiger charge is 2.02. The molecule has 0 aromatic rings. The van der Waals surface area contributed by atoms with Crippen LogP contribution in [-0.4, -0.2) is 23.8 Å². The molecule has 0 fully saturated rings. The molecule has 80 valence electrons. The first kappa shape index (κ1) is 12.9. The van der Waals surface area contributed by atoms with Crippen LogP contribution in [0.15, 0.2) is 29.9 Å². The summed E-state index contributed by atoms with van der Waals surface area (Å²) in [5, 5.41) is 0. The van der Waals surface area contributed by atoms with Gasteiger partial charge in [-0.15, -0.1) is 0 Å². The Bertz CT molecular complexity index is 198. The first-order valence-corrected chi connectivity index (χ1v) is 5.33. The van der Waals surface area contributed by atoms with Crippen LogP contribution in [0.1, 0.15) is 33.6 Å². The summed E-state index contributed by atoms with van der Waals surface area (Å²) in [6.45, 7) is 12.2. The summed E-state index contributed by atoms with van der Waals surface area (Å²) in [6, 6.07) is 0.